The molecule has 1 aliphatic carbocycles. The van der Waals surface area contributed by atoms with E-state index in [1.807, 2.05) is 6.07 Å². The van der Waals surface area contributed by atoms with Gasteiger partial charge in [0.15, 0.2) is 0 Å². The third-order valence-electron chi connectivity index (χ3n) is 5.77. The molecule has 2 N–H and O–H groups in total. The fraction of sp³-hybridized carbons (Fsp3) is 0.308. The SMILES string of the molecule is O[C@H](CN[C@H]1CCCc2ccccc21)COC(c1ccc(F)cc1)c1ccc(F)cc1. The minimum atomic E-state index is -0.711. The van der Waals surface area contributed by atoms with Crippen LogP contribution in [0.1, 0.15) is 47.2 Å². The average Bonchev–Trinajstić information content (AvgIpc) is 2.80. The molecule has 0 saturated carbocycles. The lowest BCUT2D eigenvalue weighted by Crippen LogP contribution is -2.35. The molecule has 4 rings (SSSR count). The number of rotatable bonds is 8. The van der Waals surface area contributed by atoms with E-state index in [1.165, 1.54) is 35.4 Å². The molecule has 1 aliphatic rings. The minimum absolute atomic E-state index is 0.0980. The van der Waals surface area contributed by atoms with Gasteiger partial charge in [-0.3, -0.25) is 0 Å². The normalized spacial score (nSPS) is 16.8. The van der Waals surface area contributed by atoms with Crippen molar-refractivity contribution >= 4 is 0 Å². The Morgan fingerprint density at radius 3 is 2.16 bits per heavy atom. The monoisotopic (exact) mass is 423 g/mol. The number of hydrogen-bond donors (Lipinski definition) is 2. The summed E-state index contributed by atoms with van der Waals surface area (Å²) >= 11 is 0. The lowest BCUT2D eigenvalue weighted by molar-refractivity contribution is 0.00537. The van der Waals surface area contributed by atoms with Gasteiger partial charge in [-0.25, -0.2) is 8.78 Å². The molecule has 0 unspecified atom stereocenters. The fourth-order valence-corrected chi connectivity index (χ4v) is 4.17. The number of ether oxygens (including phenoxy) is 1. The first-order valence-electron chi connectivity index (χ1n) is 10.7. The maximum atomic E-state index is 13.4. The van der Waals surface area contributed by atoms with E-state index in [9.17, 15) is 13.9 Å². The number of aliphatic hydroxyl groups excluding tert-OH is 1. The molecule has 0 saturated heterocycles. The van der Waals surface area contributed by atoms with Crippen LogP contribution in [0.25, 0.3) is 0 Å². The first kappa shape index (κ1) is 21.6. The van der Waals surface area contributed by atoms with Gasteiger partial charge in [0, 0.05) is 12.6 Å². The van der Waals surface area contributed by atoms with Crippen molar-refractivity contribution in [2.45, 2.75) is 37.5 Å². The Morgan fingerprint density at radius 2 is 1.52 bits per heavy atom. The van der Waals surface area contributed by atoms with Crippen molar-refractivity contribution in [3.05, 3.63) is 107 Å². The molecule has 0 amide bonds. The summed E-state index contributed by atoms with van der Waals surface area (Å²) in [4.78, 5) is 0. The number of nitrogens with one attached hydrogen (secondary N) is 1. The standard InChI is InChI=1S/C26H27F2NO2/c27-21-12-8-19(9-13-21)26(20-10-14-22(28)15-11-20)31-17-23(30)16-29-25-7-3-5-18-4-1-2-6-24(18)25/h1-2,4,6,8-15,23,25-26,29-30H,3,5,7,16-17H2/t23-,25+/m1/s1. The van der Waals surface area contributed by atoms with Crippen molar-refractivity contribution < 1.29 is 18.6 Å². The van der Waals surface area contributed by atoms with Crippen molar-refractivity contribution in [2.24, 2.45) is 0 Å². The van der Waals surface area contributed by atoms with Gasteiger partial charge in [-0.15, -0.1) is 0 Å². The van der Waals surface area contributed by atoms with Crippen LogP contribution in [0, 0.1) is 11.6 Å². The third kappa shape index (κ3) is 5.56. The van der Waals surface area contributed by atoms with Gasteiger partial charge in [0.25, 0.3) is 0 Å². The van der Waals surface area contributed by atoms with Gasteiger partial charge >= 0.3 is 0 Å². The quantitative estimate of drug-likeness (QED) is 0.530. The minimum Gasteiger partial charge on any atom is -0.389 e. The van der Waals surface area contributed by atoms with Crippen molar-refractivity contribution in [1.82, 2.24) is 5.32 Å². The molecule has 162 valence electrons. The molecule has 3 aromatic rings. The highest BCUT2D eigenvalue weighted by atomic mass is 19.1. The Hall–Kier alpha value is -2.60. The number of benzene rings is 3. The van der Waals surface area contributed by atoms with Crippen LogP contribution < -0.4 is 5.32 Å². The van der Waals surface area contributed by atoms with Gasteiger partial charge in [0.2, 0.25) is 0 Å². The van der Waals surface area contributed by atoms with Crippen LogP contribution in [0.4, 0.5) is 8.78 Å². The lowest BCUT2D eigenvalue weighted by atomic mass is 9.88. The molecule has 2 atom stereocenters. The number of aryl methyl sites for hydroxylation is 1. The zero-order chi connectivity index (χ0) is 21.6. The van der Waals surface area contributed by atoms with E-state index in [2.05, 4.69) is 23.5 Å². The van der Waals surface area contributed by atoms with Crippen LogP contribution in [-0.4, -0.2) is 24.4 Å². The zero-order valence-corrected chi connectivity index (χ0v) is 17.3. The molecule has 3 aromatic carbocycles. The smallest absolute Gasteiger partial charge is 0.123 e. The van der Waals surface area contributed by atoms with Crippen LogP contribution in [-0.2, 0) is 11.2 Å². The second kappa shape index (κ2) is 10.1. The molecule has 0 aromatic heterocycles. The van der Waals surface area contributed by atoms with Crippen molar-refractivity contribution in [1.29, 1.82) is 0 Å². The van der Waals surface area contributed by atoms with E-state index >= 15 is 0 Å². The Bertz CT molecular complexity index is 930. The summed E-state index contributed by atoms with van der Waals surface area (Å²) in [6.07, 6.45) is 2.03. The first-order chi connectivity index (χ1) is 15.1. The Kier molecular flexibility index (Phi) is 7.07. The molecule has 0 bridgehead atoms. The highest BCUT2D eigenvalue weighted by molar-refractivity contribution is 5.32. The molecular weight excluding hydrogens is 396 g/mol. The van der Waals surface area contributed by atoms with Gasteiger partial charge in [-0.05, 0) is 65.8 Å². The van der Waals surface area contributed by atoms with E-state index in [0.29, 0.717) is 6.54 Å². The molecule has 0 aliphatic heterocycles. The fourth-order valence-electron chi connectivity index (χ4n) is 4.17. The number of aliphatic hydroxyl groups is 1. The van der Waals surface area contributed by atoms with Gasteiger partial charge < -0.3 is 15.2 Å². The molecule has 31 heavy (non-hydrogen) atoms. The van der Waals surface area contributed by atoms with Crippen LogP contribution in [0.5, 0.6) is 0 Å². The summed E-state index contributed by atoms with van der Waals surface area (Å²) in [5.41, 5.74) is 4.16. The maximum Gasteiger partial charge on any atom is 0.123 e. The summed E-state index contributed by atoms with van der Waals surface area (Å²) in [6, 6.07) is 20.7. The lowest BCUT2D eigenvalue weighted by Gasteiger charge is -2.28. The molecule has 0 radical (unpaired) electrons. The highest BCUT2D eigenvalue weighted by Crippen LogP contribution is 2.30. The Balaban J connectivity index is 1.39. The highest BCUT2D eigenvalue weighted by Gasteiger charge is 2.21. The van der Waals surface area contributed by atoms with Crippen molar-refractivity contribution in [3.8, 4) is 0 Å². The molecule has 0 heterocycles. The van der Waals surface area contributed by atoms with E-state index in [0.717, 1.165) is 30.4 Å². The first-order valence-corrected chi connectivity index (χ1v) is 10.7. The largest absolute Gasteiger partial charge is 0.389 e. The molecule has 3 nitrogen and oxygen atoms in total. The van der Waals surface area contributed by atoms with Gasteiger partial charge in [-0.2, -0.15) is 0 Å². The Morgan fingerprint density at radius 1 is 0.903 bits per heavy atom. The second-order valence-corrected chi connectivity index (χ2v) is 8.02. The predicted octanol–water partition coefficient (Wildman–Crippen LogP) is 5.10. The molecular formula is C26H27F2NO2. The van der Waals surface area contributed by atoms with E-state index in [1.54, 1.807) is 24.3 Å². The van der Waals surface area contributed by atoms with E-state index < -0.39 is 12.2 Å². The van der Waals surface area contributed by atoms with Crippen LogP contribution >= 0.6 is 0 Å². The number of fused-ring (bicyclic) bond motifs is 1. The summed E-state index contributed by atoms with van der Waals surface area (Å²) in [6.45, 7) is 0.499. The molecule has 0 spiro atoms. The topological polar surface area (TPSA) is 41.5 Å². The van der Waals surface area contributed by atoms with E-state index in [-0.39, 0.29) is 24.3 Å². The summed E-state index contributed by atoms with van der Waals surface area (Å²) < 4.78 is 32.8. The van der Waals surface area contributed by atoms with Crippen molar-refractivity contribution in [2.75, 3.05) is 13.2 Å². The Labute approximate surface area is 181 Å². The van der Waals surface area contributed by atoms with Crippen LogP contribution in [0.2, 0.25) is 0 Å². The number of halogens is 2. The summed E-state index contributed by atoms with van der Waals surface area (Å²) in [7, 11) is 0. The molecule has 5 heteroatoms. The van der Waals surface area contributed by atoms with E-state index in [4.69, 9.17) is 4.74 Å². The maximum absolute atomic E-state index is 13.4. The van der Waals surface area contributed by atoms with Gasteiger partial charge in [-0.1, -0.05) is 48.5 Å². The van der Waals surface area contributed by atoms with Gasteiger partial charge in [0.05, 0.1) is 12.7 Å². The number of hydrogen-bond acceptors (Lipinski definition) is 3. The summed E-state index contributed by atoms with van der Waals surface area (Å²) in [5, 5.41) is 14.0. The predicted molar refractivity (Wildman–Crippen MR) is 117 cm³/mol. The molecule has 0 fully saturated rings. The van der Waals surface area contributed by atoms with Gasteiger partial charge in [0.1, 0.15) is 17.7 Å². The van der Waals surface area contributed by atoms with Crippen LogP contribution in [0.3, 0.4) is 0 Å². The zero-order valence-electron chi connectivity index (χ0n) is 17.3. The summed E-state index contributed by atoms with van der Waals surface area (Å²) in [5.74, 6) is -0.669. The third-order valence-corrected chi connectivity index (χ3v) is 5.77. The van der Waals surface area contributed by atoms with Crippen molar-refractivity contribution in [3.63, 3.8) is 0 Å². The van der Waals surface area contributed by atoms with Crippen LogP contribution in [0.15, 0.2) is 72.8 Å². The average molecular weight is 424 g/mol. The second-order valence-electron chi connectivity index (χ2n) is 8.02.